The first-order chi connectivity index (χ1) is 9.00. The molecule has 0 bridgehead atoms. The maximum atomic E-state index is 11.8. The van der Waals surface area contributed by atoms with Gasteiger partial charge in [0.2, 0.25) is 0 Å². The van der Waals surface area contributed by atoms with Crippen molar-refractivity contribution in [2.24, 2.45) is 0 Å². The van der Waals surface area contributed by atoms with Gasteiger partial charge in [0.05, 0.1) is 5.56 Å². The van der Waals surface area contributed by atoms with Crippen LogP contribution in [0.3, 0.4) is 0 Å². The van der Waals surface area contributed by atoms with Gasteiger partial charge in [-0.1, -0.05) is 30.3 Å². The van der Waals surface area contributed by atoms with Gasteiger partial charge >= 0.3 is 5.97 Å². The van der Waals surface area contributed by atoms with E-state index in [4.69, 9.17) is 0 Å². The largest absolute Gasteiger partial charge is 0.478 e. The highest BCUT2D eigenvalue weighted by Crippen LogP contribution is 2.32. The molecule has 19 heavy (non-hydrogen) atoms. The quantitative estimate of drug-likeness (QED) is 0.854. The second-order valence-corrected chi connectivity index (χ2v) is 5.19. The van der Waals surface area contributed by atoms with E-state index >= 15 is 0 Å². The van der Waals surface area contributed by atoms with E-state index in [0.717, 1.165) is 22.5 Å². The number of carbonyl (C=O) groups excluding carboxylic acids is 1. The van der Waals surface area contributed by atoms with Crippen LogP contribution in [0.25, 0.3) is 10.8 Å². The molecule has 0 aromatic heterocycles. The topological polar surface area (TPSA) is 57.6 Å². The Balaban J connectivity index is 2.62. The number of rotatable bonds is 2. The van der Waals surface area contributed by atoms with E-state index in [1.54, 1.807) is 20.2 Å². The van der Waals surface area contributed by atoms with Crippen LogP contribution < -0.4 is 0 Å². The lowest BCUT2D eigenvalue weighted by atomic mass is 10.1. The smallest absolute Gasteiger partial charge is 0.336 e. The minimum absolute atomic E-state index is 0.152. The van der Waals surface area contributed by atoms with E-state index in [2.05, 4.69) is 0 Å². The molecule has 0 fully saturated rings. The molecule has 98 valence electrons. The van der Waals surface area contributed by atoms with Gasteiger partial charge in [0, 0.05) is 19.0 Å². The standard InChI is InChI=1S/C14H13NO3S/c1-15(2)14(18)19-12-10-6-4-3-5-9(10)7-8-11(12)13(16)17/h3-8H,1-2H3,(H,16,17). The number of benzene rings is 2. The number of hydrogen-bond acceptors (Lipinski definition) is 3. The van der Waals surface area contributed by atoms with E-state index in [9.17, 15) is 14.7 Å². The number of fused-ring (bicyclic) bond motifs is 1. The van der Waals surface area contributed by atoms with E-state index < -0.39 is 5.97 Å². The maximum absolute atomic E-state index is 11.8. The highest BCUT2D eigenvalue weighted by Gasteiger charge is 2.17. The van der Waals surface area contributed by atoms with E-state index in [-0.39, 0.29) is 10.8 Å². The Morgan fingerprint density at radius 2 is 1.79 bits per heavy atom. The molecule has 2 rings (SSSR count). The summed E-state index contributed by atoms with van der Waals surface area (Å²) >= 11 is 0.942. The van der Waals surface area contributed by atoms with Crippen molar-refractivity contribution in [2.75, 3.05) is 14.1 Å². The highest BCUT2D eigenvalue weighted by atomic mass is 32.2. The Morgan fingerprint density at radius 3 is 2.42 bits per heavy atom. The molecule has 4 nitrogen and oxygen atoms in total. The van der Waals surface area contributed by atoms with Crippen LogP contribution in [0.4, 0.5) is 4.79 Å². The van der Waals surface area contributed by atoms with Crippen LogP contribution >= 0.6 is 11.8 Å². The molecule has 0 aliphatic carbocycles. The fourth-order valence-corrected chi connectivity index (χ4v) is 2.62. The summed E-state index contributed by atoms with van der Waals surface area (Å²) < 4.78 is 0. The Hall–Kier alpha value is -2.01. The minimum atomic E-state index is -1.03. The van der Waals surface area contributed by atoms with Gasteiger partial charge in [0.1, 0.15) is 0 Å². The number of nitrogens with zero attached hydrogens (tertiary/aromatic N) is 1. The molecule has 2 aromatic rings. The molecule has 2 aromatic carbocycles. The number of carboxylic acid groups (broad SMARTS) is 1. The molecule has 0 radical (unpaired) electrons. The third-order valence-corrected chi connectivity index (χ3v) is 3.85. The molecule has 0 spiro atoms. The summed E-state index contributed by atoms with van der Waals surface area (Å²) in [5.74, 6) is -1.03. The lowest BCUT2D eigenvalue weighted by molar-refractivity contribution is 0.0693. The molecule has 5 heteroatoms. The second-order valence-electron chi connectivity index (χ2n) is 4.23. The van der Waals surface area contributed by atoms with Gasteiger partial charge in [-0.05, 0) is 28.6 Å². The van der Waals surface area contributed by atoms with Crippen LogP contribution in [0.5, 0.6) is 0 Å². The van der Waals surface area contributed by atoms with Crippen LogP contribution in [-0.4, -0.2) is 35.3 Å². The zero-order chi connectivity index (χ0) is 14.0. The van der Waals surface area contributed by atoms with Crippen molar-refractivity contribution in [3.63, 3.8) is 0 Å². The van der Waals surface area contributed by atoms with Gasteiger partial charge in [-0.2, -0.15) is 0 Å². The van der Waals surface area contributed by atoms with Crippen molar-refractivity contribution in [3.05, 3.63) is 42.0 Å². The third-order valence-electron chi connectivity index (χ3n) is 2.66. The van der Waals surface area contributed by atoms with Gasteiger partial charge in [-0.15, -0.1) is 0 Å². The molecule has 0 atom stereocenters. The summed E-state index contributed by atoms with van der Waals surface area (Å²) in [5.41, 5.74) is 0.152. The second kappa shape index (κ2) is 5.32. The predicted molar refractivity (Wildman–Crippen MR) is 75.8 cm³/mol. The first kappa shape index (κ1) is 13.4. The van der Waals surface area contributed by atoms with Crippen molar-refractivity contribution in [1.82, 2.24) is 4.90 Å². The van der Waals surface area contributed by atoms with Gasteiger partial charge in [-0.3, -0.25) is 4.79 Å². The van der Waals surface area contributed by atoms with Crippen molar-refractivity contribution in [1.29, 1.82) is 0 Å². The number of aromatic carboxylic acids is 1. The van der Waals surface area contributed by atoms with Gasteiger partial charge in [0.25, 0.3) is 5.24 Å². The number of hydrogen-bond donors (Lipinski definition) is 1. The van der Waals surface area contributed by atoms with Crippen LogP contribution in [-0.2, 0) is 0 Å². The molecule has 0 aliphatic rings. The first-order valence-corrected chi connectivity index (χ1v) is 6.46. The van der Waals surface area contributed by atoms with Crippen molar-refractivity contribution >= 4 is 33.7 Å². The monoisotopic (exact) mass is 275 g/mol. The highest BCUT2D eigenvalue weighted by molar-refractivity contribution is 8.13. The van der Waals surface area contributed by atoms with Crippen molar-refractivity contribution in [3.8, 4) is 0 Å². The lowest BCUT2D eigenvalue weighted by Crippen LogP contribution is -2.16. The molecular formula is C14H13NO3S. The average Bonchev–Trinajstić information content (AvgIpc) is 2.38. The maximum Gasteiger partial charge on any atom is 0.336 e. The summed E-state index contributed by atoms with van der Waals surface area (Å²) in [6, 6.07) is 10.7. The summed E-state index contributed by atoms with van der Waals surface area (Å²) in [7, 11) is 3.28. The lowest BCUT2D eigenvalue weighted by Gasteiger charge is -2.13. The molecule has 0 saturated heterocycles. The summed E-state index contributed by atoms with van der Waals surface area (Å²) in [6.07, 6.45) is 0. The molecule has 0 heterocycles. The Labute approximate surface area is 115 Å². The Kier molecular flexibility index (Phi) is 3.76. The zero-order valence-corrected chi connectivity index (χ0v) is 11.4. The Bertz CT molecular complexity index is 652. The summed E-state index contributed by atoms with van der Waals surface area (Å²) in [5, 5.41) is 10.7. The number of amides is 1. The van der Waals surface area contributed by atoms with Crippen LogP contribution in [0, 0.1) is 0 Å². The zero-order valence-electron chi connectivity index (χ0n) is 10.6. The van der Waals surface area contributed by atoms with Crippen molar-refractivity contribution < 1.29 is 14.7 Å². The number of thioether (sulfide) groups is 1. The summed E-state index contributed by atoms with van der Waals surface area (Å²) in [4.78, 5) is 25.0. The van der Waals surface area contributed by atoms with E-state index in [1.807, 2.05) is 24.3 Å². The SMILES string of the molecule is CN(C)C(=O)Sc1c(C(=O)O)ccc2ccccc12. The van der Waals surface area contributed by atoms with E-state index in [1.165, 1.54) is 11.0 Å². The molecule has 0 saturated carbocycles. The predicted octanol–water partition coefficient (Wildman–Crippen LogP) is 3.31. The molecule has 0 aliphatic heterocycles. The fourth-order valence-electron chi connectivity index (χ4n) is 1.70. The average molecular weight is 275 g/mol. The molecular weight excluding hydrogens is 262 g/mol. The number of carboxylic acids is 1. The fraction of sp³-hybridized carbons (Fsp3) is 0.143. The van der Waals surface area contributed by atoms with Crippen LogP contribution in [0.1, 0.15) is 10.4 Å². The van der Waals surface area contributed by atoms with Crippen LogP contribution in [0.2, 0.25) is 0 Å². The van der Waals surface area contributed by atoms with Crippen molar-refractivity contribution in [2.45, 2.75) is 4.90 Å². The molecule has 0 unspecified atom stereocenters. The third kappa shape index (κ3) is 2.71. The summed E-state index contributed by atoms with van der Waals surface area (Å²) in [6.45, 7) is 0. The normalized spacial score (nSPS) is 10.4. The van der Waals surface area contributed by atoms with Gasteiger partial charge in [-0.25, -0.2) is 4.79 Å². The Morgan fingerprint density at radius 1 is 1.11 bits per heavy atom. The van der Waals surface area contributed by atoms with Gasteiger partial charge in [0.15, 0.2) is 0 Å². The molecule has 1 N–H and O–H groups in total. The first-order valence-electron chi connectivity index (χ1n) is 5.65. The van der Waals surface area contributed by atoms with E-state index in [0.29, 0.717) is 4.90 Å². The minimum Gasteiger partial charge on any atom is -0.478 e. The van der Waals surface area contributed by atoms with Crippen LogP contribution in [0.15, 0.2) is 41.3 Å². The molecule has 1 amide bonds. The number of carbonyl (C=O) groups is 2. The van der Waals surface area contributed by atoms with Gasteiger partial charge < -0.3 is 10.0 Å².